The van der Waals surface area contributed by atoms with Crippen molar-refractivity contribution in [1.29, 1.82) is 0 Å². The minimum absolute atomic E-state index is 0.421. The highest BCUT2D eigenvalue weighted by Crippen LogP contribution is 2.21. The lowest BCUT2D eigenvalue weighted by molar-refractivity contribution is 0.100. The number of thiazole rings is 1. The Morgan fingerprint density at radius 1 is 1.43 bits per heavy atom. The van der Waals surface area contributed by atoms with Crippen LogP contribution in [0.25, 0.3) is 4.96 Å². The molecule has 0 unspecified atom stereocenters. The average Bonchev–Trinajstić information content (AvgIpc) is 2.92. The van der Waals surface area contributed by atoms with Gasteiger partial charge in [0.1, 0.15) is 0 Å². The molecule has 0 saturated carbocycles. The van der Waals surface area contributed by atoms with Gasteiger partial charge in [0.05, 0.1) is 17.9 Å². The lowest BCUT2D eigenvalue weighted by atomic mass is 10.2. The van der Waals surface area contributed by atoms with Crippen molar-refractivity contribution in [1.82, 2.24) is 9.38 Å². The van der Waals surface area contributed by atoms with Crippen LogP contribution in [0.3, 0.4) is 0 Å². The van der Waals surface area contributed by atoms with Crippen molar-refractivity contribution in [3.05, 3.63) is 52.3 Å². The molecule has 3 rings (SSSR count). The predicted octanol–water partition coefficient (Wildman–Crippen LogP) is 2.72. The molecule has 1 aromatic carbocycles. The van der Waals surface area contributed by atoms with E-state index in [1.165, 1.54) is 4.88 Å². The topological polar surface area (TPSA) is 72.4 Å². The zero-order valence-corrected chi connectivity index (χ0v) is 12.7. The molecular weight excluding hydrogens is 284 g/mol. The Kier molecular flexibility index (Phi) is 3.39. The zero-order chi connectivity index (χ0) is 15.0. The molecule has 0 radical (unpaired) electrons. The summed E-state index contributed by atoms with van der Waals surface area (Å²) in [5.74, 6) is -0.421. The van der Waals surface area contributed by atoms with E-state index >= 15 is 0 Å². The molecule has 5 nitrogen and oxygen atoms in total. The van der Waals surface area contributed by atoms with E-state index in [4.69, 9.17) is 5.73 Å². The molecule has 3 aromatic rings. The highest BCUT2D eigenvalue weighted by molar-refractivity contribution is 7.17. The van der Waals surface area contributed by atoms with E-state index in [0.717, 1.165) is 22.0 Å². The van der Waals surface area contributed by atoms with E-state index in [1.54, 1.807) is 23.5 Å². The molecule has 0 saturated heterocycles. The molecule has 108 valence electrons. The number of primary amides is 1. The van der Waals surface area contributed by atoms with E-state index in [9.17, 15) is 4.79 Å². The van der Waals surface area contributed by atoms with Crippen molar-refractivity contribution in [3.63, 3.8) is 0 Å². The Morgan fingerprint density at radius 3 is 3.00 bits per heavy atom. The third-order valence-electron chi connectivity index (χ3n) is 3.35. The van der Waals surface area contributed by atoms with Gasteiger partial charge in [-0.2, -0.15) is 0 Å². The van der Waals surface area contributed by atoms with Gasteiger partial charge in [0.15, 0.2) is 4.96 Å². The number of amides is 1. The summed E-state index contributed by atoms with van der Waals surface area (Å²) in [4.78, 5) is 18.0. The Bertz CT molecular complexity index is 818. The molecule has 0 aliphatic carbocycles. The lowest BCUT2D eigenvalue weighted by Crippen LogP contribution is -2.11. The fraction of sp³-hybridized carbons (Fsp3) is 0.200. The Morgan fingerprint density at radius 2 is 2.24 bits per heavy atom. The first-order valence-corrected chi connectivity index (χ1v) is 7.44. The summed E-state index contributed by atoms with van der Waals surface area (Å²) in [7, 11) is 0. The highest BCUT2D eigenvalue weighted by atomic mass is 32.1. The van der Waals surface area contributed by atoms with Gasteiger partial charge in [-0.05, 0) is 32.0 Å². The highest BCUT2D eigenvalue weighted by Gasteiger charge is 2.11. The SMILES string of the molecule is Cc1cn2c(CNc3cccc(C(N)=O)c3)c(C)nc2s1. The van der Waals surface area contributed by atoms with Gasteiger partial charge in [0.2, 0.25) is 5.91 Å². The molecule has 0 bridgehead atoms. The third kappa shape index (κ3) is 2.62. The third-order valence-corrected chi connectivity index (χ3v) is 4.25. The van der Waals surface area contributed by atoms with Crippen molar-refractivity contribution in [3.8, 4) is 0 Å². The van der Waals surface area contributed by atoms with E-state index in [2.05, 4.69) is 27.8 Å². The zero-order valence-electron chi connectivity index (χ0n) is 11.9. The number of rotatable bonds is 4. The predicted molar refractivity (Wildman–Crippen MR) is 84.8 cm³/mol. The standard InChI is InChI=1S/C15H16N4OS/c1-9-8-19-13(10(2)18-15(19)21-9)7-17-12-5-3-4-11(6-12)14(16)20/h3-6,8,17H,7H2,1-2H3,(H2,16,20). The van der Waals surface area contributed by atoms with Crippen molar-refractivity contribution < 1.29 is 4.79 Å². The van der Waals surface area contributed by atoms with Crippen molar-refractivity contribution in [2.24, 2.45) is 5.73 Å². The second-order valence-electron chi connectivity index (χ2n) is 4.94. The number of benzene rings is 1. The minimum Gasteiger partial charge on any atom is -0.379 e. The summed E-state index contributed by atoms with van der Waals surface area (Å²) in [5.41, 5.74) is 8.80. The number of aromatic nitrogens is 2. The number of nitrogens with one attached hydrogen (secondary N) is 1. The smallest absolute Gasteiger partial charge is 0.248 e. The average molecular weight is 300 g/mol. The van der Waals surface area contributed by atoms with Crippen LogP contribution in [0, 0.1) is 13.8 Å². The van der Waals surface area contributed by atoms with Crippen LogP contribution in [0.2, 0.25) is 0 Å². The van der Waals surface area contributed by atoms with Crippen LogP contribution < -0.4 is 11.1 Å². The van der Waals surface area contributed by atoms with E-state index in [0.29, 0.717) is 12.1 Å². The molecule has 0 spiro atoms. The van der Waals surface area contributed by atoms with Gasteiger partial charge in [-0.15, -0.1) is 11.3 Å². The van der Waals surface area contributed by atoms with Crippen molar-refractivity contribution in [2.45, 2.75) is 20.4 Å². The van der Waals surface area contributed by atoms with Crippen LogP contribution in [0.5, 0.6) is 0 Å². The lowest BCUT2D eigenvalue weighted by Gasteiger charge is -2.07. The second-order valence-corrected chi connectivity index (χ2v) is 6.15. The number of nitrogens with two attached hydrogens (primary N) is 1. The van der Waals surface area contributed by atoms with Crippen molar-refractivity contribution in [2.75, 3.05) is 5.32 Å². The molecule has 0 fully saturated rings. The van der Waals surface area contributed by atoms with E-state index < -0.39 is 5.91 Å². The van der Waals surface area contributed by atoms with Crippen LogP contribution in [-0.4, -0.2) is 15.3 Å². The molecule has 0 atom stereocenters. The number of hydrogen-bond donors (Lipinski definition) is 2. The van der Waals surface area contributed by atoms with Gasteiger partial charge < -0.3 is 11.1 Å². The Balaban J connectivity index is 1.84. The number of imidazole rings is 1. The first kappa shape index (κ1) is 13.6. The molecule has 21 heavy (non-hydrogen) atoms. The van der Waals surface area contributed by atoms with Crippen LogP contribution in [0.4, 0.5) is 5.69 Å². The summed E-state index contributed by atoms with van der Waals surface area (Å²) < 4.78 is 2.11. The molecular formula is C15H16N4OS. The van der Waals surface area contributed by atoms with Crippen molar-refractivity contribution >= 4 is 27.9 Å². The van der Waals surface area contributed by atoms with Gasteiger partial charge in [0.25, 0.3) is 0 Å². The number of carbonyl (C=O) groups is 1. The summed E-state index contributed by atoms with van der Waals surface area (Å²) in [6, 6.07) is 7.20. The van der Waals surface area contributed by atoms with Crippen LogP contribution in [0.1, 0.15) is 26.6 Å². The number of carbonyl (C=O) groups excluding carboxylic acids is 1. The number of fused-ring (bicyclic) bond motifs is 1. The maximum Gasteiger partial charge on any atom is 0.248 e. The maximum atomic E-state index is 11.2. The summed E-state index contributed by atoms with van der Waals surface area (Å²) in [5, 5.41) is 3.32. The summed E-state index contributed by atoms with van der Waals surface area (Å²) in [6.07, 6.45) is 2.09. The van der Waals surface area contributed by atoms with E-state index in [1.807, 2.05) is 19.1 Å². The van der Waals surface area contributed by atoms with Gasteiger partial charge in [-0.3, -0.25) is 9.20 Å². The minimum atomic E-state index is -0.421. The first-order valence-electron chi connectivity index (χ1n) is 6.62. The maximum absolute atomic E-state index is 11.2. The van der Waals surface area contributed by atoms with Gasteiger partial charge >= 0.3 is 0 Å². The Labute approximate surface area is 126 Å². The fourth-order valence-corrected chi connectivity index (χ4v) is 3.18. The molecule has 1 amide bonds. The van der Waals surface area contributed by atoms with Crippen LogP contribution >= 0.6 is 11.3 Å². The molecule has 0 aliphatic rings. The summed E-state index contributed by atoms with van der Waals surface area (Å²) >= 11 is 1.68. The molecule has 2 aromatic heterocycles. The van der Waals surface area contributed by atoms with Gasteiger partial charge in [0, 0.05) is 22.3 Å². The largest absolute Gasteiger partial charge is 0.379 e. The molecule has 2 heterocycles. The number of aryl methyl sites for hydroxylation is 2. The molecule has 0 aliphatic heterocycles. The molecule has 3 N–H and O–H groups in total. The van der Waals surface area contributed by atoms with Gasteiger partial charge in [-0.1, -0.05) is 6.07 Å². The van der Waals surface area contributed by atoms with E-state index in [-0.39, 0.29) is 0 Å². The first-order chi connectivity index (χ1) is 10.0. The summed E-state index contributed by atoms with van der Waals surface area (Å²) in [6.45, 7) is 4.72. The van der Waals surface area contributed by atoms with Crippen LogP contribution in [-0.2, 0) is 6.54 Å². The number of hydrogen-bond acceptors (Lipinski definition) is 4. The Hall–Kier alpha value is -2.34. The molecule has 6 heteroatoms. The number of anilines is 1. The second kappa shape index (κ2) is 5.21. The normalized spacial score (nSPS) is 11.0. The number of nitrogens with zero attached hydrogens (tertiary/aromatic N) is 2. The monoisotopic (exact) mass is 300 g/mol. The van der Waals surface area contributed by atoms with Gasteiger partial charge in [-0.25, -0.2) is 4.98 Å². The quantitative estimate of drug-likeness (QED) is 0.778. The van der Waals surface area contributed by atoms with Crippen LogP contribution in [0.15, 0.2) is 30.5 Å². The fourth-order valence-electron chi connectivity index (χ4n) is 2.29.